The van der Waals surface area contributed by atoms with E-state index >= 15 is 0 Å². The van der Waals surface area contributed by atoms with Crippen molar-refractivity contribution in [1.82, 2.24) is 0 Å². The van der Waals surface area contributed by atoms with Crippen LogP contribution in [0.5, 0.6) is 34.5 Å². The van der Waals surface area contributed by atoms with Gasteiger partial charge in [-0.2, -0.15) is 5.26 Å². The number of anilines is 2. The number of nitrogens with one attached hydrogen (secondary N) is 1. The highest BCUT2D eigenvalue weighted by molar-refractivity contribution is 7.99. The van der Waals surface area contributed by atoms with Gasteiger partial charge in [0.15, 0.2) is 34.5 Å². The Hall–Kier alpha value is -4.81. The molecule has 48 heavy (non-hydrogen) atoms. The van der Waals surface area contributed by atoms with Crippen LogP contribution in [0.15, 0.2) is 57.8 Å². The second-order valence-electron chi connectivity index (χ2n) is 10.8. The molecule has 3 aromatic heterocycles. The van der Waals surface area contributed by atoms with Crippen LogP contribution in [-0.4, -0.2) is 50.7 Å². The zero-order chi connectivity index (χ0) is 32.4. The quantitative estimate of drug-likeness (QED) is 0.132. The smallest absolute Gasteiger partial charge is 0.346 e. The predicted octanol–water partition coefficient (Wildman–Crippen LogP) is 8.39. The predicted molar refractivity (Wildman–Crippen MR) is 184 cm³/mol. The number of fused-ring (bicyclic) bond motifs is 5. The molecule has 0 saturated heterocycles. The molecule has 5 aromatic rings. The minimum atomic E-state index is -1.32. The van der Waals surface area contributed by atoms with Crippen molar-refractivity contribution in [2.75, 3.05) is 45.0 Å². The molecule has 2 N–H and O–H groups in total. The van der Waals surface area contributed by atoms with Crippen molar-refractivity contribution in [3.8, 4) is 70.5 Å². The molecule has 10 nitrogen and oxygen atoms in total. The lowest BCUT2D eigenvalue weighted by Crippen LogP contribution is -2.16. The number of para-hydroxylation sites is 1. The second-order valence-corrected chi connectivity index (χ2v) is 15.0. The van der Waals surface area contributed by atoms with E-state index in [2.05, 4.69) is 35.6 Å². The summed E-state index contributed by atoms with van der Waals surface area (Å²) in [6, 6.07) is 16.4. The number of carboxylic acids is 1. The fourth-order valence-corrected chi connectivity index (χ4v) is 10.6. The summed E-state index contributed by atoms with van der Waals surface area (Å²) in [5, 5.41) is 22.5. The van der Waals surface area contributed by atoms with Crippen molar-refractivity contribution in [2.24, 2.45) is 0 Å². The van der Waals surface area contributed by atoms with Gasteiger partial charge >= 0.3 is 5.97 Å². The van der Waals surface area contributed by atoms with Crippen LogP contribution in [0.1, 0.15) is 4.88 Å². The molecule has 9 rings (SSSR count). The highest BCUT2D eigenvalue weighted by atomic mass is 32.2. The number of carbonyl (C=O) groups is 1. The van der Waals surface area contributed by atoms with E-state index in [0.29, 0.717) is 83.9 Å². The third kappa shape index (κ3) is 4.76. The summed E-state index contributed by atoms with van der Waals surface area (Å²) in [5.41, 5.74) is 2.76. The summed E-state index contributed by atoms with van der Waals surface area (Å²) in [6.45, 7) is 2.23. The molecule has 240 valence electrons. The molecule has 0 radical (unpaired) electrons. The molecule has 0 saturated carbocycles. The van der Waals surface area contributed by atoms with Crippen LogP contribution in [0.3, 0.4) is 0 Å². The van der Waals surface area contributed by atoms with E-state index in [-0.39, 0.29) is 0 Å². The third-order valence-corrected chi connectivity index (χ3v) is 12.8. The molecule has 0 spiro atoms. The Morgan fingerprint density at radius 2 is 1.21 bits per heavy atom. The average Bonchev–Trinajstić information content (AvgIpc) is 3.81. The van der Waals surface area contributed by atoms with Crippen molar-refractivity contribution < 1.29 is 38.3 Å². The Morgan fingerprint density at radius 3 is 1.83 bits per heavy atom. The molecule has 7 heterocycles. The number of aliphatic carboxylic acids is 1. The van der Waals surface area contributed by atoms with Gasteiger partial charge in [0, 0.05) is 9.79 Å². The zero-order valence-corrected chi connectivity index (χ0v) is 28.0. The Bertz CT molecular complexity index is 2230. The van der Waals surface area contributed by atoms with Gasteiger partial charge in [-0.1, -0.05) is 30.0 Å². The van der Waals surface area contributed by atoms with Crippen molar-refractivity contribution in [3.05, 3.63) is 52.9 Å². The van der Waals surface area contributed by atoms with Crippen molar-refractivity contribution in [2.45, 2.75) is 9.79 Å². The molecule has 2 aromatic carbocycles. The first-order valence-electron chi connectivity index (χ1n) is 14.9. The zero-order valence-electron chi connectivity index (χ0n) is 24.7. The van der Waals surface area contributed by atoms with Gasteiger partial charge in [-0.3, -0.25) is 0 Å². The summed E-state index contributed by atoms with van der Waals surface area (Å²) < 4.78 is 37.1. The van der Waals surface area contributed by atoms with Gasteiger partial charge in [0.05, 0.1) is 40.6 Å². The number of carboxylic acid groups (broad SMARTS) is 1. The van der Waals surface area contributed by atoms with Gasteiger partial charge in [-0.15, -0.1) is 34.0 Å². The maximum atomic E-state index is 11.7. The van der Waals surface area contributed by atoms with Gasteiger partial charge in [0.25, 0.3) is 0 Å². The number of hydrogen-bond acceptors (Lipinski definition) is 13. The monoisotopic (exact) mass is 714 g/mol. The molecule has 0 fully saturated rings. The summed E-state index contributed by atoms with van der Waals surface area (Å²) in [6.07, 6.45) is 1.32. The van der Waals surface area contributed by atoms with Crippen LogP contribution in [0.4, 0.5) is 11.4 Å². The Morgan fingerprint density at radius 1 is 0.688 bits per heavy atom. The highest BCUT2D eigenvalue weighted by Crippen LogP contribution is 2.64. The van der Waals surface area contributed by atoms with E-state index in [1.165, 1.54) is 33.6 Å². The van der Waals surface area contributed by atoms with Crippen LogP contribution >= 0.6 is 45.8 Å². The van der Waals surface area contributed by atoms with Gasteiger partial charge in [-0.05, 0) is 35.9 Å². The largest absolute Gasteiger partial charge is 0.485 e. The number of benzene rings is 2. The third-order valence-electron chi connectivity index (χ3n) is 7.88. The van der Waals surface area contributed by atoms with Crippen LogP contribution in [0, 0.1) is 11.3 Å². The topological polar surface area (TPSA) is 128 Å². The minimum absolute atomic E-state index is 0.303. The van der Waals surface area contributed by atoms with Crippen molar-refractivity contribution in [3.63, 3.8) is 0 Å². The molecule has 0 atom stereocenters. The van der Waals surface area contributed by atoms with Crippen LogP contribution < -0.4 is 33.7 Å². The number of rotatable bonds is 5. The summed E-state index contributed by atoms with van der Waals surface area (Å²) in [5.74, 6) is 2.12. The van der Waals surface area contributed by atoms with Gasteiger partial charge in [0.2, 0.25) is 0 Å². The summed E-state index contributed by atoms with van der Waals surface area (Å²) >= 11 is 6.07. The number of ether oxygens (including phenoxy) is 6. The molecule has 0 aliphatic carbocycles. The maximum absolute atomic E-state index is 11.7. The van der Waals surface area contributed by atoms with E-state index in [1.807, 2.05) is 12.1 Å². The number of thiophene rings is 3. The Labute approximate surface area is 289 Å². The number of nitrogens with zero attached hydrogens (tertiary/aromatic N) is 1. The minimum Gasteiger partial charge on any atom is -0.485 e. The number of nitriles is 1. The van der Waals surface area contributed by atoms with Gasteiger partial charge in [-0.25, -0.2) is 4.79 Å². The standard InChI is InChI=1S/C34H22N2O8S4/c35-15-17(34(37)38)14-22-23-24(40-8-7-39-23)30(46-22)31-27-28(44-12-11-43-27)33(48-31)32-26-25(41-9-10-42-26)29(47-32)16-5-6-19-21(13-16)45-20-4-2-1-3-18(20)36-19/h1-6,13-14,36H,7-12H2,(H,37,38)/b17-14+. The van der Waals surface area contributed by atoms with Crippen LogP contribution in [-0.2, 0) is 4.79 Å². The highest BCUT2D eigenvalue weighted by Gasteiger charge is 2.36. The van der Waals surface area contributed by atoms with E-state index in [0.717, 1.165) is 41.3 Å². The number of hydrogen-bond donors (Lipinski definition) is 2. The Kier molecular flexibility index (Phi) is 7.16. The molecular formula is C34H22N2O8S4. The molecule has 4 aliphatic heterocycles. The first kappa shape index (κ1) is 29.3. The molecule has 0 amide bonds. The van der Waals surface area contributed by atoms with Crippen LogP contribution in [0.2, 0.25) is 0 Å². The maximum Gasteiger partial charge on any atom is 0.346 e. The van der Waals surface area contributed by atoms with Gasteiger partial charge in [0.1, 0.15) is 51.3 Å². The SMILES string of the molecule is N#C/C(=C\c1sc(-c2sc(-c3sc(-c4ccc5c(c4)Sc4ccccc4N5)c4c3OCCO4)c3c2OCCO3)c2c1OCCO2)C(=O)O. The fourth-order valence-electron chi connectivity index (χ4n) is 5.80. The van der Waals surface area contributed by atoms with Crippen molar-refractivity contribution >= 4 is 69.2 Å². The lowest BCUT2D eigenvalue weighted by Gasteiger charge is -2.21. The summed E-state index contributed by atoms with van der Waals surface area (Å²) in [7, 11) is 0. The first-order chi connectivity index (χ1) is 23.6. The molecule has 4 aliphatic rings. The second kappa shape index (κ2) is 11.7. The summed E-state index contributed by atoms with van der Waals surface area (Å²) in [4.78, 5) is 18.5. The molecule has 0 unspecified atom stereocenters. The van der Waals surface area contributed by atoms with E-state index < -0.39 is 11.5 Å². The van der Waals surface area contributed by atoms with E-state index in [9.17, 15) is 15.2 Å². The van der Waals surface area contributed by atoms with E-state index in [4.69, 9.17) is 28.4 Å². The molecule has 14 heteroatoms. The molecular weight excluding hydrogens is 693 g/mol. The average molecular weight is 715 g/mol. The first-order valence-corrected chi connectivity index (χ1v) is 18.1. The fraction of sp³-hybridized carbons (Fsp3) is 0.176. The molecule has 0 bridgehead atoms. The van der Waals surface area contributed by atoms with Crippen LogP contribution in [0.25, 0.3) is 36.0 Å². The normalized spacial score (nSPS) is 15.5. The van der Waals surface area contributed by atoms with E-state index in [1.54, 1.807) is 29.2 Å². The lowest BCUT2D eigenvalue weighted by atomic mass is 10.1. The lowest BCUT2D eigenvalue weighted by molar-refractivity contribution is -0.132. The van der Waals surface area contributed by atoms with Crippen molar-refractivity contribution in [1.29, 1.82) is 5.26 Å². The van der Waals surface area contributed by atoms with Gasteiger partial charge < -0.3 is 38.8 Å². The Balaban J connectivity index is 1.17.